The number of aromatic hydroxyl groups is 1. The average Bonchev–Trinajstić information content (AvgIpc) is 1.57. The lowest BCUT2D eigenvalue weighted by Crippen LogP contribution is -2.62. The van der Waals surface area contributed by atoms with Crippen molar-refractivity contribution in [2.24, 2.45) is 23.3 Å². The summed E-state index contributed by atoms with van der Waals surface area (Å²) in [4.78, 5) is 245. The molecule has 3 saturated heterocycles. The molecule has 0 saturated carbocycles. The maximum absolute atomic E-state index is 15.7. The number of likely N-dealkylation sites (N-methyl/N-ethyl adjacent to an activating group) is 3. The molecule has 3 aliphatic heterocycles. The molecule has 1 aromatic heterocycles. The van der Waals surface area contributed by atoms with Crippen LogP contribution in [0.1, 0.15) is 120 Å². The van der Waals surface area contributed by atoms with E-state index in [0.717, 1.165) is 31.7 Å². The number of amides is 15. The van der Waals surface area contributed by atoms with Crippen LogP contribution >= 0.6 is 11.8 Å². The number of nitrogens with zero attached hydrogens (tertiary/aromatic N) is 5. The number of unbranched alkanes of at least 4 members (excludes halogenated alkanes) is 1. The lowest BCUT2D eigenvalue weighted by atomic mass is 9.98. The molecule has 0 radical (unpaired) electrons. The summed E-state index contributed by atoms with van der Waals surface area (Å²) in [7, 11) is 3.65. The Morgan fingerprint density at radius 3 is 1.79 bits per heavy atom. The molecule has 16 N–H and O–H groups in total. The summed E-state index contributed by atoms with van der Waals surface area (Å²) in [5.74, 6) is -23.4. The minimum Gasteiger partial charge on any atom is -0.508 e. The fourth-order valence-electron chi connectivity index (χ4n) is 16.5. The molecule has 41 heteroatoms. The molecule has 15 amide bonds. The van der Waals surface area contributed by atoms with Gasteiger partial charge in [0, 0.05) is 95.6 Å². The Balaban J connectivity index is 1.14. The molecule has 0 unspecified atom stereocenters. The zero-order valence-corrected chi connectivity index (χ0v) is 76.7. The van der Waals surface area contributed by atoms with E-state index in [1.807, 2.05) is 0 Å². The van der Waals surface area contributed by atoms with Crippen LogP contribution < -0.4 is 59.3 Å². The van der Waals surface area contributed by atoms with Crippen LogP contribution in [0.25, 0.3) is 10.9 Å². The third kappa shape index (κ3) is 28.7. The van der Waals surface area contributed by atoms with Crippen LogP contribution in [-0.4, -0.2) is 285 Å². The standard InChI is InChI=1S/C93H119F4N17O19S/c1-9-10-23-73-92(131)114-46-60(117)43-75(114)88(127)107-70(47-133-50-115)85(124)109-80(52(4)5)93(132)111(7)74(40-55-25-29-58(94)30-26-55)87(126)103-65(22-16-33-98)90(129)113-34-17-24-72(113)86(125)106-68(42-57-44-100-64-21-15-14-20-61(57)64)84(123)105-67(38-54-27-31-59(116)32-28-54)83(122)104-66(35-51(2)3)82(121)108-71(81(120)101-45-77(99)118)48-134-49-78(119)102-69(39-56-36-62(95)79(97)63(96)37-56)89(128)112(8)76(91(130)110(73)6)41-53-18-12-11-13-19-53/h11-15,18-21,25-32,36-37,44,50-52,60,65-76,80,100,116-117H,9-10,16-17,22-24,33-35,38-43,45-49,98H2,1-8H3,(H2,99,118)(H,101,120)(H,102,119)(H,103,126)(H,104,122)(H,105,123)(H,106,125)(H,107,127)(H,108,121)(H,109,124)/t60-,65-,66-,67-,68-,69-,70-,71-,72+,73-,74-,75+,76-,80-/m0/s1. The van der Waals surface area contributed by atoms with E-state index in [2.05, 4.69) is 52.8 Å². The van der Waals surface area contributed by atoms with Gasteiger partial charge in [-0.3, -0.25) is 76.7 Å². The maximum Gasteiger partial charge on any atom is 0.293 e. The van der Waals surface area contributed by atoms with Crippen molar-refractivity contribution in [1.29, 1.82) is 0 Å². The summed E-state index contributed by atoms with van der Waals surface area (Å²) in [6, 6.07) is 5.66. The minimum absolute atomic E-state index is 0.00961. The Morgan fingerprint density at radius 2 is 1.14 bits per heavy atom. The highest BCUT2D eigenvalue weighted by molar-refractivity contribution is 8.00. The van der Waals surface area contributed by atoms with Crippen molar-refractivity contribution in [3.8, 4) is 5.75 Å². The number of hydrogen-bond donors (Lipinski definition) is 14. The number of aliphatic hydroxyl groups is 1. The molecule has 0 bridgehead atoms. The lowest BCUT2D eigenvalue weighted by molar-refractivity contribution is -0.152. The summed E-state index contributed by atoms with van der Waals surface area (Å²) in [5.41, 5.74) is 13.4. The lowest BCUT2D eigenvalue weighted by Gasteiger charge is -2.38. The molecular weight excluding hydrogens is 1770 g/mol. The summed E-state index contributed by atoms with van der Waals surface area (Å²) < 4.78 is 64.8. The van der Waals surface area contributed by atoms with E-state index in [-0.39, 0.29) is 102 Å². The van der Waals surface area contributed by atoms with E-state index in [4.69, 9.17) is 16.2 Å². The predicted octanol–water partition coefficient (Wildman–Crippen LogP) is 1.41. The van der Waals surface area contributed by atoms with Gasteiger partial charge < -0.3 is 104 Å². The Bertz CT molecular complexity index is 5150. The van der Waals surface area contributed by atoms with Gasteiger partial charge in [0.1, 0.15) is 96.7 Å². The molecule has 724 valence electrons. The van der Waals surface area contributed by atoms with Gasteiger partial charge in [-0.1, -0.05) is 120 Å². The zero-order chi connectivity index (χ0) is 97.9. The first-order valence-corrected chi connectivity index (χ1v) is 45.6. The van der Waals surface area contributed by atoms with Crippen molar-refractivity contribution >= 4 is 118 Å². The largest absolute Gasteiger partial charge is 0.508 e. The number of primary amides is 1. The van der Waals surface area contributed by atoms with Crippen molar-refractivity contribution in [3.63, 3.8) is 0 Å². The number of carbonyl (C=O) groups is 16. The van der Waals surface area contributed by atoms with E-state index in [0.29, 0.717) is 63.5 Å². The number of phenolic OH excluding ortho intramolecular Hbond substituents is 1. The highest BCUT2D eigenvalue weighted by Gasteiger charge is 2.48. The predicted molar refractivity (Wildman–Crippen MR) is 484 cm³/mol. The van der Waals surface area contributed by atoms with Crippen LogP contribution in [0, 0.1) is 35.1 Å². The van der Waals surface area contributed by atoms with Crippen molar-refractivity contribution < 1.29 is 109 Å². The molecular formula is C93H119F4N17O19S. The zero-order valence-electron chi connectivity index (χ0n) is 75.9. The van der Waals surface area contributed by atoms with Gasteiger partial charge in [-0.25, -0.2) is 17.6 Å². The number of aromatic nitrogens is 1. The second kappa shape index (κ2) is 49.6. The van der Waals surface area contributed by atoms with Gasteiger partial charge in [0.15, 0.2) is 17.5 Å². The number of halogens is 4. The van der Waals surface area contributed by atoms with Crippen LogP contribution in [0.4, 0.5) is 17.6 Å². The first kappa shape index (κ1) is 105. The molecule has 6 aromatic rings. The Hall–Kier alpha value is -13.1. The number of phenols is 1. The summed E-state index contributed by atoms with van der Waals surface area (Å²) in [6.07, 6.45) is -1.80. The molecule has 5 aromatic carbocycles. The molecule has 14 atom stereocenters. The van der Waals surface area contributed by atoms with E-state index in [1.54, 1.807) is 81.6 Å². The Labute approximate surface area is 776 Å². The number of hydrogen-bond acceptors (Lipinski definition) is 21. The topological polar surface area (TPSA) is 515 Å². The Morgan fingerprint density at radius 1 is 0.575 bits per heavy atom. The number of nitrogens with one attached hydrogen (secondary N) is 10. The third-order valence-electron chi connectivity index (χ3n) is 23.8. The number of ether oxygens (including phenoxy) is 1. The number of rotatable bonds is 25. The number of nitrogens with two attached hydrogens (primary N) is 2. The van der Waals surface area contributed by atoms with E-state index in [1.165, 1.54) is 76.3 Å². The van der Waals surface area contributed by atoms with E-state index < -0.39 is 252 Å². The molecule has 0 spiro atoms. The van der Waals surface area contributed by atoms with Crippen LogP contribution in [-0.2, 0) is 114 Å². The summed E-state index contributed by atoms with van der Waals surface area (Å²) in [5, 5.41) is 46.1. The first-order valence-electron chi connectivity index (χ1n) is 44.4. The highest BCUT2D eigenvalue weighted by Crippen LogP contribution is 2.29. The quantitative estimate of drug-likeness (QED) is 0.0219. The van der Waals surface area contributed by atoms with Crippen molar-refractivity contribution in [3.05, 3.63) is 173 Å². The van der Waals surface area contributed by atoms with Crippen molar-refractivity contribution in [2.45, 2.75) is 209 Å². The van der Waals surface area contributed by atoms with Gasteiger partial charge in [-0.2, -0.15) is 0 Å². The summed E-state index contributed by atoms with van der Waals surface area (Å²) >= 11 is 0.665. The SMILES string of the molecule is CCCC[C@H]1C(=O)N2C[C@@H](O)C[C@@H]2C(=O)N[C@@H](COC=O)C(=O)N[C@@H](C(C)C)C(=O)N(C)[C@@H](Cc2ccc(F)cc2)C(=O)N[C@@H](CCCN)C(=O)N2CCC[C@@H]2C(=O)N[C@@H](Cc2c[nH]c3ccccc23)C(=O)N[C@@H](Cc2ccc(O)cc2)C(=O)N[C@@H](CC(C)C)C(=O)N[C@H](C(=O)NCC(N)=O)CSCC(=O)N[C@@H](Cc2cc(F)c(F)c(F)c2)C(=O)N(C)[C@@H](Cc2ccccc2)C(=O)N1C. The molecule has 134 heavy (non-hydrogen) atoms. The monoisotopic (exact) mass is 1890 g/mol. The molecule has 3 aliphatic rings. The van der Waals surface area contributed by atoms with Crippen molar-refractivity contribution in [2.75, 3.05) is 65.4 Å². The van der Waals surface area contributed by atoms with Crippen LogP contribution in [0.15, 0.2) is 121 Å². The van der Waals surface area contributed by atoms with Gasteiger partial charge >= 0.3 is 0 Å². The van der Waals surface area contributed by atoms with Gasteiger partial charge in [0.2, 0.25) is 88.6 Å². The number of H-pyrrole nitrogens is 1. The highest BCUT2D eigenvalue weighted by atomic mass is 32.2. The van der Waals surface area contributed by atoms with Crippen LogP contribution in [0.3, 0.4) is 0 Å². The number of thioether (sulfide) groups is 1. The number of benzene rings is 5. The normalized spacial score (nSPS) is 24.1. The molecule has 3 fully saturated rings. The molecule has 9 rings (SSSR count). The number of para-hydroxylation sites is 1. The number of carbonyl (C=O) groups excluding carboxylic acids is 16. The molecule has 4 heterocycles. The number of aliphatic hydroxyl groups excluding tert-OH is 1. The minimum atomic E-state index is -1.90. The van der Waals surface area contributed by atoms with Gasteiger partial charge in [-0.05, 0) is 127 Å². The number of fused-ring (bicyclic) bond motifs is 3. The maximum atomic E-state index is 15.7. The Kier molecular flexibility index (Phi) is 38.8. The van der Waals surface area contributed by atoms with Gasteiger partial charge in [0.25, 0.3) is 6.47 Å². The molecule has 0 aliphatic carbocycles. The van der Waals surface area contributed by atoms with Crippen molar-refractivity contribution in [1.82, 2.24) is 77.3 Å². The van der Waals surface area contributed by atoms with Crippen LogP contribution in [0.5, 0.6) is 5.75 Å². The van der Waals surface area contributed by atoms with Gasteiger partial charge in [0.05, 0.1) is 18.4 Å². The fourth-order valence-corrected chi connectivity index (χ4v) is 17.3. The molecule has 36 nitrogen and oxygen atoms in total. The van der Waals surface area contributed by atoms with Gasteiger partial charge in [-0.15, -0.1) is 11.8 Å². The third-order valence-corrected chi connectivity index (χ3v) is 24.8. The summed E-state index contributed by atoms with van der Waals surface area (Å²) in [6.45, 7) is 5.93. The second-order valence-electron chi connectivity index (χ2n) is 34.6. The number of aromatic amines is 1. The van der Waals surface area contributed by atoms with Crippen LogP contribution in [0.2, 0.25) is 0 Å². The smallest absolute Gasteiger partial charge is 0.293 e. The fraction of sp³-hybridized carbons (Fsp3) is 0.484. The second-order valence-corrected chi connectivity index (χ2v) is 35.6. The van der Waals surface area contributed by atoms with E-state index >= 15 is 56.7 Å². The average molecular weight is 1890 g/mol. The first-order chi connectivity index (χ1) is 63.8. The van der Waals surface area contributed by atoms with E-state index in [9.17, 15) is 47.8 Å².